The fraction of sp³-hybridized carbons (Fsp3) is 0.533. The van der Waals surface area contributed by atoms with E-state index in [-0.39, 0.29) is 5.41 Å². The Balaban J connectivity index is 2.72. The summed E-state index contributed by atoms with van der Waals surface area (Å²) in [5, 5.41) is 2.79. The Morgan fingerprint density at radius 2 is 1.84 bits per heavy atom. The second-order valence-electron chi connectivity index (χ2n) is 6.65. The maximum absolute atomic E-state index is 12.0. The number of hydrogen-bond donors (Lipinski definition) is 1. The molecule has 0 bridgehead atoms. The zero-order valence-corrected chi connectivity index (χ0v) is 12.3. The lowest BCUT2D eigenvalue weighted by molar-refractivity contribution is -0.118. The normalized spacial score (nSPS) is 12.1. The first-order chi connectivity index (χ1) is 8.61. The number of Topliss-reactive ketones (excluding diaryl/α,β-unsaturated/α-hetero) is 1. The van der Waals surface area contributed by atoms with Crippen LogP contribution in [0.5, 0.6) is 0 Å². The second kappa shape index (κ2) is 5.51. The summed E-state index contributed by atoms with van der Waals surface area (Å²) in [5.74, 6) is -1.13. The van der Waals surface area contributed by atoms with Gasteiger partial charge in [0.2, 0.25) is 0 Å². The fourth-order valence-corrected chi connectivity index (χ4v) is 2.36. The molecule has 0 aliphatic rings. The van der Waals surface area contributed by atoms with Crippen molar-refractivity contribution in [2.75, 3.05) is 0 Å². The van der Waals surface area contributed by atoms with Crippen LogP contribution in [0.15, 0.2) is 24.5 Å². The van der Waals surface area contributed by atoms with Crippen molar-refractivity contribution >= 4 is 11.7 Å². The Hall–Kier alpha value is -1.71. The molecule has 1 amide bonds. The van der Waals surface area contributed by atoms with Crippen LogP contribution in [0.2, 0.25) is 0 Å². The highest BCUT2D eigenvalue weighted by molar-refractivity contribution is 6.42. The lowest BCUT2D eigenvalue weighted by Crippen LogP contribution is -2.48. The summed E-state index contributed by atoms with van der Waals surface area (Å²) < 4.78 is 0. The highest BCUT2D eigenvalue weighted by atomic mass is 16.2. The third-order valence-corrected chi connectivity index (χ3v) is 2.55. The molecule has 0 radical (unpaired) electrons. The van der Waals surface area contributed by atoms with E-state index in [1.54, 1.807) is 18.3 Å². The molecule has 0 fully saturated rings. The molecule has 1 aromatic heterocycles. The number of amides is 1. The smallest absolute Gasteiger partial charge is 0.292 e. The van der Waals surface area contributed by atoms with Crippen LogP contribution in [0.4, 0.5) is 0 Å². The van der Waals surface area contributed by atoms with Gasteiger partial charge in [0.25, 0.3) is 11.7 Å². The van der Waals surface area contributed by atoms with Crippen molar-refractivity contribution in [2.24, 2.45) is 5.41 Å². The van der Waals surface area contributed by atoms with Crippen molar-refractivity contribution in [2.45, 2.75) is 46.6 Å². The Kier molecular flexibility index (Phi) is 4.45. The Labute approximate surface area is 114 Å². The molecular formula is C15H22N2O2. The minimum absolute atomic E-state index is 0.0775. The van der Waals surface area contributed by atoms with Gasteiger partial charge in [-0.15, -0.1) is 0 Å². The van der Waals surface area contributed by atoms with Gasteiger partial charge < -0.3 is 5.32 Å². The fourth-order valence-electron chi connectivity index (χ4n) is 2.36. The van der Waals surface area contributed by atoms with Crippen molar-refractivity contribution in [1.29, 1.82) is 0 Å². The van der Waals surface area contributed by atoms with E-state index in [1.807, 2.05) is 13.8 Å². The molecule has 1 rings (SSSR count). The van der Waals surface area contributed by atoms with E-state index in [0.29, 0.717) is 5.56 Å². The van der Waals surface area contributed by atoms with Crippen LogP contribution in [-0.2, 0) is 4.79 Å². The van der Waals surface area contributed by atoms with Crippen molar-refractivity contribution in [3.8, 4) is 0 Å². The van der Waals surface area contributed by atoms with Gasteiger partial charge in [0, 0.05) is 23.5 Å². The Bertz CT molecular complexity index is 459. The summed E-state index contributed by atoms with van der Waals surface area (Å²) in [6.45, 7) is 10.1. The Morgan fingerprint density at radius 1 is 1.21 bits per heavy atom. The third-order valence-electron chi connectivity index (χ3n) is 2.55. The van der Waals surface area contributed by atoms with E-state index in [4.69, 9.17) is 0 Å². The first kappa shape index (κ1) is 15.3. The molecule has 0 saturated heterocycles. The van der Waals surface area contributed by atoms with Gasteiger partial charge in [0.1, 0.15) is 0 Å². The van der Waals surface area contributed by atoms with E-state index in [2.05, 4.69) is 31.1 Å². The molecule has 0 spiro atoms. The molecule has 0 aliphatic carbocycles. The minimum Gasteiger partial charge on any atom is -0.344 e. The number of hydrogen-bond acceptors (Lipinski definition) is 3. The number of rotatable bonds is 4. The summed E-state index contributed by atoms with van der Waals surface area (Å²) in [6, 6.07) is 3.23. The minimum atomic E-state index is -0.581. The predicted molar refractivity (Wildman–Crippen MR) is 74.9 cm³/mol. The van der Waals surface area contributed by atoms with Crippen molar-refractivity contribution < 1.29 is 9.59 Å². The average molecular weight is 262 g/mol. The van der Waals surface area contributed by atoms with Crippen LogP contribution in [0, 0.1) is 5.41 Å². The molecule has 4 nitrogen and oxygen atoms in total. The van der Waals surface area contributed by atoms with Crippen LogP contribution in [-0.4, -0.2) is 22.2 Å². The molecule has 0 aliphatic heterocycles. The third kappa shape index (κ3) is 5.20. The number of aromatic nitrogens is 1. The second-order valence-corrected chi connectivity index (χ2v) is 6.65. The molecule has 4 heteroatoms. The van der Waals surface area contributed by atoms with E-state index < -0.39 is 17.2 Å². The molecule has 104 valence electrons. The lowest BCUT2D eigenvalue weighted by atomic mass is 9.81. The van der Waals surface area contributed by atoms with Crippen molar-refractivity contribution in [3.63, 3.8) is 0 Å². The number of ketones is 1. The van der Waals surface area contributed by atoms with Gasteiger partial charge in [-0.1, -0.05) is 20.8 Å². The van der Waals surface area contributed by atoms with Gasteiger partial charge in [-0.2, -0.15) is 0 Å². The predicted octanol–water partition coefficient (Wildman–Crippen LogP) is 2.60. The van der Waals surface area contributed by atoms with Gasteiger partial charge in [-0.3, -0.25) is 14.6 Å². The Morgan fingerprint density at radius 3 is 2.32 bits per heavy atom. The average Bonchev–Trinajstić information content (AvgIpc) is 2.25. The van der Waals surface area contributed by atoms with E-state index >= 15 is 0 Å². The number of pyridine rings is 1. The van der Waals surface area contributed by atoms with E-state index in [9.17, 15) is 9.59 Å². The van der Waals surface area contributed by atoms with Gasteiger partial charge in [-0.05, 0) is 37.8 Å². The van der Waals surface area contributed by atoms with Crippen LogP contribution in [0.1, 0.15) is 51.4 Å². The standard InChI is InChI=1S/C15H22N2O2/c1-14(2,3)10-15(4,5)17-13(19)12(18)11-7-6-8-16-9-11/h6-9H,10H2,1-5H3,(H,17,19). The molecule has 19 heavy (non-hydrogen) atoms. The first-order valence-corrected chi connectivity index (χ1v) is 6.38. The monoisotopic (exact) mass is 262 g/mol. The summed E-state index contributed by atoms with van der Waals surface area (Å²) in [4.78, 5) is 27.7. The summed E-state index contributed by atoms with van der Waals surface area (Å²) in [7, 11) is 0. The first-order valence-electron chi connectivity index (χ1n) is 6.38. The van der Waals surface area contributed by atoms with Crippen LogP contribution >= 0.6 is 0 Å². The van der Waals surface area contributed by atoms with Crippen LogP contribution in [0.3, 0.4) is 0 Å². The topological polar surface area (TPSA) is 59.1 Å². The maximum Gasteiger partial charge on any atom is 0.292 e. The van der Waals surface area contributed by atoms with E-state index in [1.165, 1.54) is 6.20 Å². The van der Waals surface area contributed by atoms with Gasteiger partial charge in [-0.25, -0.2) is 0 Å². The molecule has 0 atom stereocenters. The largest absolute Gasteiger partial charge is 0.344 e. The van der Waals surface area contributed by atoms with Crippen LogP contribution < -0.4 is 5.32 Å². The van der Waals surface area contributed by atoms with Gasteiger partial charge >= 0.3 is 0 Å². The number of nitrogens with one attached hydrogen (secondary N) is 1. The highest BCUT2D eigenvalue weighted by Gasteiger charge is 2.29. The molecule has 1 aromatic rings. The highest BCUT2D eigenvalue weighted by Crippen LogP contribution is 2.26. The SMILES string of the molecule is CC(C)(C)CC(C)(C)NC(=O)C(=O)c1cccnc1. The zero-order chi connectivity index (χ0) is 14.7. The maximum atomic E-state index is 12.0. The summed E-state index contributed by atoms with van der Waals surface area (Å²) >= 11 is 0. The number of carbonyl (C=O) groups is 2. The molecule has 0 aromatic carbocycles. The quantitative estimate of drug-likeness (QED) is 0.670. The number of nitrogens with zero attached hydrogens (tertiary/aromatic N) is 1. The van der Waals surface area contributed by atoms with Crippen LogP contribution in [0.25, 0.3) is 0 Å². The summed E-state index contributed by atoms with van der Waals surface area (Å²) in [6.07, 6.45) is 3.75. The van der Waals surface area contributed by atoms with Gasteiger partial charge in [0.05, 0.1) is 0 Å². The zero-order valence-electron chi connectivity index (χ0n) is 12.3. The van der Waals surface area contributed by atoms with Crippen molar-refractivity contribution in [3.05, 3.63) is 30.1 Å². The molecule has 0 unspecified atom stereocenters. The van der Waals surface area contributed by atoms with Crippen molar-refractivity contribution in [1.82, 2.24) is 10.3 Å². The van der Waals surface area contributed by atoms with Gasteiger partial charge in [0.15, 0.2) is 0 Å². The molecule has 1 N–H and O–H groups in total. The molecule has 0 saturated carbocycles. The molecular weight excluding hydrogens is 240 g/mol. The summed E-state index contributed by atoms with van der Waals surface area (Å²) in [5.41, 5.74) is -0.0343. The molecule has 1 heterocycles. The lowest BCUT2D eigenvalue weighted by Gasteiger charge is -2.33. The number of carbonyl (C=O) groups excluding carboxylic acids is 2. The van der Waals surface area contributed by atoms with E-state index in [0.717, 1.165) is 6.42 Å².